The van der Waals surface area contributed by atoms with Crippen LogP contribution >= 0.6 is 0 Å². The monoisotopic (exact) mass is 542 g/mol. The highest BCUT2D eigenvalue weighted by atomic mass is 16.5. The maximum atomic E-state index is 9.14. The summed E-state index contributed by atoms with van der Waals surface area (Å²) >= 11 is 0. The molecule has 5 aromatic rings. The Morgan fingerprint density at radius 2 is 1.66 bits per heavy atom. The molecular weight excluding hydrogens is 516 g/mol. The van der Waals surface area contributed by atoms with E-state index in [0.29, 0.717) is 57.8 Å². The summed E-state index contributed by atoms with van der Waals surface area (Å²) in [5, 5.41) is 21.3. The minimum Gasteiger partial charge on any atom is -0.493 e. The Bertz CT molecular complexity index is 1790. The van der Waals surface area contributed by atoms with Crippen LogP contribution < -0.4 is 19.5 Å². The van der Waals surface area contributed by atoms with Crippen LogP contribution in [0.5, 0.6) is 23.1 Å². The van der Waals surface area contributed by atoms with Gasteiger partial charge in [-0.05, 0) is 66.1 Å². The second-order valence-corrected chi connectivity index (χ2v) is 9.11. The van der Waals surface area contributed by atoms with E-state index in [0.717, 1.165) is 16.8 Å². The molecule has 2 aromatic heterocycles. The molecule has 0 radical (unpaired) electrons. The highest BCUT2D eigenvalue weighted by Gasteiger charge is 2.22. The van der Waals surface area contributed by atoms with Gasteiger partial charge in [0, 0.05) is 24.5 Å². The minimum absolute atomic E-state index is 0.298. The smallest absolute Gasteiger partial charge is 0.249 e. The third-order valence-electron chi connectivity index (χ3n) is 6.36. The second-order valence-electron chi connectivity index (χ2n) is 9.11. The molecular formula is C32H26N6O3. The van der Waals surface area contributed by atoms with Crippen LogP contribution in [0.1, 0.15) is 22.3 Å². The molecule has 9 heteroatoms. The average Bonchev–Trinajstić information content (AvgIpc) is 3.31. The molecule has 2 heterocycles. The number of ether oxygens (including phenoxy) is 3. The number of allylic oxidation sites excluding steroid dienone is 1. The fourth-order valence-corrected chi connectivity index (χ4v) is 4.44. The van der Waals surface area contributed by atoms with E-state index in [1.807, 2.05) is 37.4 Å². The predicted molar refractivity (Wildman–Crippen MR) is 157 cm³/mol. The first-order chi connectivity index (χ1) is 20.0. The topological polar surface area (TPSA) is 118 Å². The Morgan fingerprint density at radius 3 is 2.29 bits per heavy atom. The van der Waals surface area contributed by atoms with Gasteiger partial charge in [-0.1, -0.05) is 30.3 Å². The Hall–Kier alpha value is -5.80. The van der Waals surface area contributed by atoms with Gasteiger partial charge in [0.25, 0.3) is 0 Å². The standard InChI is InChI=1S/C32H26N6O3/c1-21-19-38(20-23-8-5-4-6-9-23)29-28(21)36-32(35-25-13-11-22(18-34)12-14-25)37-31(29)41-30-26(39-2)16-24(10-7-15-33)17-27(30)40-3/h4-14,16-17,19H,20H2,1-3H3,(H,35,36,37)/b10-7+. The van der Waals surface area contributed by atoms with E-state index in [4.69, 9.17) is 34.7 Å². The first-order valence-electron chi connectivity index (χ1n) is 12.7. The number of nitriles is 2. The predicted octanol–water partition coefficient (Wildman–Crippen LogP) is 6.75. The number of hydrogen-bond donors (Lipinski definition) is 1. The van der Waals surface area contributed by atoms with E-state index in [1.165, 1.54) is 20.3 Å². The summed E-state index contributed by atoms with van der Waals surface area (Å²) < 4.78 is 19.9. The SMILES string of the molecule is COc1cc(/C=C/C#N)cc(OC)c1Oc1nc(Nc2ccc(C#N)cc2)nc2c(C)cn(Cc3ccccc3)c12. The van der Waals surface area contributed by atoms with Gasteiger partial charge in [0.05, 0.1) is 31.9 Å². The van der Waals surface area contributed by atoms with Gasteiger partial charge in [-0.15, -0.1) is 0 Å². The van der Waals surface area contributed by atoms with Crippen molar-refractivity contribution in [2.24, 2.45) is 0 Å². The Labute approximate surface area is 237 Å². The lowest BCUT2D eigenvalue weighted by Crippen LogP contribution is -2.05. The molecule has 0 bridgehead atoms. The van der Waals surface area contributed by atoms with Crippen molar-refractivity contribution in [1.29, 1.82) is 10.5 Å². The molecule has 0 atom stereocenters. The number of nitrogens with one attached hydrogen (secondary N) is 1. The van der Waals surface area contributed by atoms with E-state index in [9.17, 15) is 0 Å². The quantitative estimate of drug-likeness (QED) is 0.203. The van der Waals surface area contributed by atoms with Crippen molar-refractivity contribution >= 4 is 28.7 Å². The zero-order valence-electron chi connectivity index (χ0n) is 22.8. The van der Waals surface area contributed by atoms with Crippen molar-refractivity contribution in [3.8, 4) is 35.3 Å². The number of aromatic nitrogens is 3. The highest BCUT2D eigenvalue weighted by Crippen LogP contribution is 2.43. The summed E-state index contributed by atoms with van der Waals surface area (Å²) in [7, 11) is 3.07. The molecule has 1 N–H and O–H groups in total. The molecule has 0 aliphatic carbocycles. The van der Waals surface area contributed by atoms with Crippen molar-refractivity contribution in [2.45, 2.75) is 13.5 Å². The number of benzene rings is 3. The molecule has 41 heavy (non-hydrogen) atoms. The van der Waals surface area contributed by atoms with Crippen molar-refractivity contribution in [1.82, 2.24) is 14.5 Å². The summed E-state index contributed by atoms with van der Waals surface area (Å²) in [6.45, 7) is 2.57. The van der Waals surface area contributed by atoms with Gasteiger partial charge in [0.1, 0.15) is 11.0 Å². The van der Waals surface area contributed by atoms with Crippen LogP contribution in [0.15, 0.2) is 79.0 Å². The van der Waals surface area contributed by atoms with E-state index in [2.05, 4.69) is 28.1 Å². The number of fused-ring (bicyclic) bond motifs is 1. The molecule has 0 amide bonds. The molecule has 0 fully saturated rings. The average molecular weight is 543 g/mol. The molecule has 0 unspecified atom stereocenters. The first-order valence-corrected chi connectivity index (χ1v) is 12.7. The zero-order chi connectivity index (χ0) is 28.8. The number of anilines is 2. The number of nitrogens with zero attached hydrogens (tertiary/aromatic N) is 5. The fraction of sp³-hybridized carbons (Fsp3) is 0.125. The normalized spacial score (nSPS) is 10.8. The van der Waals surface area contributed by atoms with Crippen molar-refractivity contribution in [2.75, 3.05) is 19.5 Å². The van der Waals surface area contributed by atoms with Gasteiger partial charge >= 0.3 is 0 Å². The maximum Gasteiger partial charge on any atom is 0.249 e. The Morgan fingerprint density at radius 1 is 0.951 bits per heavy atom. The van der Waals surface area contributed by atoms with Crippen LogP contribution in [0.3, 0.4) is 0 Å². The summed E-state index contributed by atoms with van der Waals surface area (Å²) in [5.41, 5.74) is 5.46. The Balaban J connectivity index is 1.66. The van der Waals surface area contributed by atoms with Crippen LogP contribution in [0.4, 0.5) is 11.6 Å². The number of rotatable bonds is 9. The number of hydrogen-bond acceptors (Lipinski definition) is 8. The molecule has 9 nitrogen and oxygen atoms in total. The van der Waals surface area contributed by atoms with Crippen LogP contribution in [0.25, 0.3) is 17.1 Å². The van der Waals surface area contributed by atoms with Gasteiger partial charge in [-0.25, -0.2) is 4.98 Å². The molecule has 202 valence electrons. The summed E-state index contributed by atoms with van der Waals surface area (Å²) in [4.78, 5) is 9.59. The van der Waals surface area contributed by atoms with Gasteiger partial charge in [0.2, 0.25) is 17.6 Å². The lowest BCUT2D eigenvalue weighted by atomic mass is 10.1. The minimum atomic E-state index is 0.298. The third-order valence-corrected chi connectivity index (χ3v) is 6.36. The van der Waals surface area contributed by atoms with E-state index < -0.39 is 0 Å². The molecule has 0 aliphatic rings. The lowest BCUT2D eigenvalue weighted by Gasteiger charge is -2.17. The van der Waals surface area contributed by atoms with Crippen molar-refractivity contribution < 1.29 is 14.2 Å². The zero-order valence-corrected chi connectivity index (χ0v) is 22.8. The second kappa shape index (κ2) is 11.9. The van der Waals surface area contributed by atoms with Crippen LogP contribution in [0.2, 0.25) is 0 Å². The summed E-state index contributed by atoms with van der Waals surface area (Å²) in [5.74, 6) is 1.77. The van der Waals surface area contributed by atoms with Crippen molar-refractivity contribution in [3.05, 3.63) is 101 Å². The fourth-order valence-electron chi connectivity index (χ4n) is 4.44. The van der Waals surface area contributed by atoms with Gasteiger partial charge in [-0.2, -0.15) is 15.5 Å². The molecule has 0 spiro atoms. The summed E-state index contributed by atoms with van der Waals surface area (Å²) in [6.07, 6.45) is 5.06. The van der Waals surface area contributed by atoms with Gasteiger partial charge in [0.15, 0.2) is 11.5 Å². The maximum absolute atomic E-state index is 9.14. The third kappa shape index (κ3) is 5.80. The van der Waals surface area contributed by atoms with E-state index in [-0.39, 0.29) is 0 Å². The molecule has 0 aliphatic heterocycles. The Kier molecular flexibility index (Phi) is 7.80. The highest BCUT2D eigenvalue weighted by molar-refractivity contribution is 5.86. The van der Waals surface area contributed by atoms with E-state index >= 15 is 0 Å². The lowest BCUT2D eigenvalue weighted by molar-refractivity contribution is 0.343. The molecule has 0 saturated carbocycles. The van der Waals surface area contributed by atoms with E-state index in [1.54, 1.807) is 42.5 Å². The van der Waals surface area contributed by atoms with Gasteiger partial charge < -0.3 is 24.1 Å². The van der Waals surface area contributed by atoms with Crippen LogP contribution in [-0.2, 0) is 6.54 Å². The number of methoxy groups -OCH3 is 2. The number of aryl methyl sites for hydroxylation is 1. The summed E-state index contributed by atoms with van der Waals surface area (Å²) in [6, 6.07) is 24.7. The molecule has 3 aromatic carbocycles. The molecule has 5 rings (SSSR count). The molecule has 0 saturated heterocycles. The van der Waals surface area contributed by atoms with Crippen molar-refractivity contribution in [3.63, 3.8) is 0 Å². The largest absolute Gasteiger partial charge is 0.493 e. The van der Waals surface area contributed by atoms with Crippen LogP contribution in [-0.4, -0.2) is 28.8 Å². The van der Waals surface area contributed by atoms with Crippen LogP contribution in [0, 0.1) is 29.6 Å². The van der Waals surface area contributed by atoms with Gasteiger partial charge in [-0.3, -0.25) is 0 Å². The first kappa shape index (κ1) is 26.8.